The number of hydrogen-bond donors (Lipinski definition) is 0. The van der Waals surface area contributed by atoms with Crippen LogP contribution in [0.3, 0.4) is 0 Å². The Balaban J connectivity index is 0.000000940. The highest BCUT2D eigenvalue weighted by Gasteiger charge is 2.23. The summed E-state index contributed by atoms with van der Waals surface area (Å²) in [6, 6.07) is 21.8. The number of nitrogens with zero attached hydrogens (tertiary/aromatic N) is 5. The minimum atomic E-state index is -0.415. The molecule has 2 aromatic carbocycles. The maximum atomic E-state index is 11.8. The fourth-order valence-corrected chi connectivity index (χ4v) is 9.44. The molecule has 1 saturated heterocycles. The monoisotopic (exact) mass is 1120 g/mol. The van der Waals surface area contributed by atoms with Gasteiger partial charge in [-0.2, -0.15) is 5.26 Å². The molecule has 0 amide bonds. The minimum Gasteiger partial charge on any atom is -0.465 e. The van der Waals surface area contributed by atoms with E-state index in [0.29, 0.717) is 39.5 Å². The highest BCUT2D eigenvalue weighted by atomic mass is 32.2. The quantitative estimate of drug-likeness (QED) is 0.0504. The first-order valence-electron chi connectivity index (χ1n) is 23.0. The van der Waals surface area contributed by atoms with Crippen LogP contribution >= 0.6 is 95.9 Å². The standard InChI is InChI=1S/C19H21NO3S2.C10H17NO3S2.C10H19NO3S2.C8H14N2OS2/c1-3-22-18(21)15(2)25-19(24)23-20(17-12-8-5-9-13-17)14-16-10-6-4-7-11-16;1-3-13-9(12)8(2)16-10(15)14-11-6-4-5-7-11;1-5-11(6-2)14-10(15)16-8(4)9(12)13-7-3;1-4-10(5-2)11-8(12)13-7(3)6-9/h4-13,15H,3,14H2,1-2H3;8H,3-7H2,1-2H3;8H,5-7H2,1-4H3;7H,4-5H2,1-3H3. The minimum absolute atomic E-state index is 0.150. The number of carbonyl (C=O) groups excluding carboxylic acids is 3. The van der Waals surface area contributed by atoms with Crippen LogP contribution in [0, 0.1) is 11.3 Å². The number of hydrogen-bond acceptors (Lipinski definition) is 23. The number of esters is 3. The first-order chi connectivity index (χ1) is 33.4. The van der Waals surface area contributed by atoms with Crippen LogP contribution in [-0.2, 0) is 54.5 Å². The van der Waals surface area contributed by atoms with Gasteiger partial charge in [-0.1, -0.05) is 95.6 Å². The number of benzene rings is 2. The number of thioether (sulfide) groups is 4. The van der Waals surface area contributed by atoms with Gasteiger partial charge in [0, 0.05) is 39.3 Å². The SMILES string of the molecule is CCN(CC)OC(=S)SC(C)C#N.CCOC(=O)C(C)SC(=S)ON(CC)CC.CCOC(=O)C(C)SC(=S)ON(Cc1ccccc1)c1ccccc1.CCOC(=O)C(C)SC(=S)ON1CCCC1. The van der Waals surface area contributed by atoms with E-state index in [2.05, 4.69) is 6.07 Å². The molecule has 70 heavy (non-hydrogen) atoms. The van der Waals surface area contributed by atoms with E-state index in [1.165, 1.54) is 47.0 Å². The zero-order valence-electron chi connectivity index (χ0n) is 42.2. The van der Waals surface area contributed by atoms with Crippen molar-refractivity contribution >= 4 is 137 Å². The molecule has 4 atom stereocenters. The predicted octanol–water partition coefficient (Wildman–Crippen LogP) is 11.0. The molecule has 2 aromatic rings. The molecule has 0 N–H and O–H groups in total. The van der Waals surface area contributed by atoms with E-state index in [0.717, 1.165) is 63.4 Å². The van der Waals surface area contributed by atoms with Crippen molar-refractivity contribution in [1.29, 1.82) is 5.26 Å². The van der Waals surface area contributed by atoms with Gasteiger partial charge in [-0.3, -0.25) is 14.4 Å². The Morgan fingerprint density at radius 1 is 0.586 bits per heavy atom. The summed E-state index contributed by atoms with van der Waals surface area (Å²) in [4.78, 5) is 56.4. The second-order valence-corrected chi connectivity index (χ2v) is 21.8. The van der Waals surface area contributed by atoms with Gasteiger partial charge in [-0.25, -0.2) is 5.06 Å². The predicted molar refractivity (Wildman–Crippen MR) is 304 cm³/mol. The van der Waals surface area contributed by atoms with Crippen LogP contribution in [0.15, 0.2) is 60.7 Å². The number of nitriles is 1. The molecule has 392 valence electrons. The van der Waals surface area contributed by atoms with Gasteiger partial charge >= 0.3 is 17.9 Å². The summed E-state index contributed by atoms with van der Waals surface area (Å²) in [5.74, 6) is -0.814. The molecule has 0 spiro atoms. The van der Waals surface area contributed by atoms with Gasteiger partial charge in [-0.15, -0.1) is 15.2 Å². The van der Waals surface area contributed by atoms with Gasteiger partial charge < -0.3 is 33.6 Å². The third-order valence-corrected chi connectivity index (χ3v) is 13.2. The number of thiocarbonyl (C=S) groups is 4. The number of ether oxygens (including phenoxy) is 3. The molecule has 0 bridgehead atoms. The van der Waals surface area contributed by atoms with Crippen molar-refractivity contribution in [3.63, 3.8) is 0 Å². The van der Waals surface area contributed by atoms with Crippen molar-refractivity contribution in [2.24, 2.45) is 0 Å². The Labute approximate surface area is 455 Å². The van der Waals surface area contributed by atoms with E-state index >= 15 is 0 Å². The zero-order chi connectivity index (χ0) is 52.9. The molecule has 23 heteroatoms. The largest absolute Gasteiger partial charge is 0.465 e. The lowest BCUT2D eigenvalue weighted by Crippen LogP contribution is -2.27. The maximum absolute atomic E-state index is 11.8. The van der Waals surface area contributed by atoms with Crippen LogP contribution in [0.2, 0.25) is 0 Å². The van der Waals surface area contributed by atoms with Gasteiger partial charge in [0.25, 0.3) is 4.38 Å². The molecule has 0 aliphatic carbocycles. The lowest BCUT2D eigenvalue weighted by molar-refractivity contribution is -0.143. The first kappa shape index (κ1) is 67.0. The fraction of sp³-hybridized carbons (Fsp3) is 0.574. The highest BCUT2D eigenvalue weighted by molar-refractivity contribution is 8.24. The summed E-state index contributed by atoms with van der Waals surface area (Å²) >= 11 is 25.2. The molecule has 0 radical (unpaired) electrons. The Morgan fingerprint density at radius 2 is 0.957 bits per heavy atom. The van der Waals surface area contributed by atoms with Crippen LogP contribution in [0.5, 0.6) is 0 Å². The normalized spacial score (nSPS) is 13.3. The third kappa shape index (κ3) is 32.1. The van der Waals surface area contributed by atoms with Crippen molar-refractivity contribution in [3.8, 4) is 6.07 Å². The number of para-hydroxylation sites is 1. The lowest BCUT2D eigenvalue weighted by atomic mass is 10.2. The number of hydroxylamine groups is 7. The molecule has 15 nitrogen and oxygen atoms in total. The second-order valence-electron chi connectivity index (χ2n) is 14.0. The molecule has 4 unspecified atom stereocenters. The van der Waals surface area contributed by atoms with E-state index in [-0.39, 0.29) is 38.0 Å². The van der Waals surface area contributed by atoms with E-state index < -0.39 is 5.25 Å². The molecular weight excluding hydrogens is 1050 g/mol. The summed E-state index contributed by atoms with van der Waals surface area (Å²) in [5.41, 5.74) is 1.98. The van der Waals surface area contributed by atoms with E-state index in [1.54, 1.807) is 63.7 Å². The summed E-state index contributed by atoms with van der Waals surface area (Å²) in [6.45, 7) is 26.9. The lowest BCUT2D eigenvalue weighted by Gasteiger charge is -2.25. The second kappa shape index (κ2) is 41.5. The van der Waals surface area contributed by atoms with Crippen molar-refractivity contribution < 1.29 is 47.9 Å². The fourth-order valence-electron chi connectivity index (χ4n) is 5.02. The molecule has 0 aromatic heterocycles. The molecule has 0 saturated carbocycles. The number of anilines is 1. The van der Waals surface area contributed by atoms with Gasteiger partial charge in [0.2, 0.25) is 13.1 Å². The number of carbonyl (C=O) groups is 3. The van der Waals surface area contributed by atoms with E-state index in [9.17, 15) is 14.4 Å². The van der Waals surface area contributed by atoms with Gasteiger partial charge in [0.05, 0.1) is 43.4 Å². The molecular formula is C47H71N5O10S8. The van der Waals surface area contributed by atoms with Crippen molar-refractivity contribution in [3.05, 3.63) is 66.2 Å². The molecule has 1 fully saturated rings. The highest BCUT2D eigenvalue weighted by Crippen LogP contribution is 2.23. The van der Waals surface area contributed by atoms with Gasteiger partial charge in [0.15, 0.2) is 0 Å². The average Bonchev–Trinajstić information content (AvgIpc) is 3.86. The maximum Gasteiger partial charge on any atom is 0.319 e. The Hall–Kier alpha value is -3.02. The van der Waals surface area contributed by atoms with E-state index in [4.69, 9.17) is 87.7 Å². The van der Waals surface area contributed by atoms with Crippen LogP contribution in [-0.4, -0.2) is 131 Å². The van der Waals surface area contributed by atoms with Crippen molar-refractivity contribution in [1.82, 2.24) is 15.2 Å². The van der Waals surface area contributed by atoms with Crippen LogP contribution in [0.25, 0.3) is 0 Å². The topological polar surface area (TPSA) is 153 Å². The van der Waals surface area contributed by atoms with Gasteiger partial charge in [-0.05, 0) is 156 Å². The third-order valence-electron chi connectivity index (χ3n) is 8.61. The van der Waals surface area contributed by atoms with Crippen LogP contribution < -0.4 is 5.06 Å². The molecule has 1 aliphatic heterocycles. The van der Waals surface area contributed by atoms with Crippen LogP contribution in [0.4, 0.5) is 5.69 Å². The first-order valence-corrected chi connectivity index (χ1v) is 28.1. The Morgan fingerprint density at radius 3 is 1.34 bits per heavy atom. The summed E-state index contributed by atoms with van der Waals surface area (Å²) < 4.78 is 16.2. The zero-order valence-corrected chi connectivity index (χ0v) is 48.7. The van der Waals surface area contributed by atoms with E-state index in [1.807, 2.05) is 93.4 Å². The smallest absolute Gasteiger partial charge is 0.319 e. The Kier molecular flexibility index (Phi) is 39.7. The molecule has 3 rings (SSSR count). The summed E-state index contributed by atoms with van der Waals surface area (Å²) in [5, 5.41) is 14.4. The number of rotatable bonds is 21. The Bertz CT molecular complexity index is 1820. The average molecular weight is 1120 g/mol. The summed E-state index contributed by atoms with van der Waals surface area (Å²) in [6.07, 6.45) is 2.28. The molecule has 1 aliphatic rings. The molecule has 1 heterocycles. The van der Waals surface area contributed by atoms with Crippen LogP contribution in [0.1, 0.15) is 94.6 Å². The summed E-state index contributed by atoms with van der Waals surface area (Å²) in [7, 11) is 0. The van der Waals surface area contributed by atoms with Crippen molar-refractivity contribution in [2.75, 3.05) is 64.2 Å². The van der Waals surface area contributed by atoms with Crippen molar-refractivity contribution in [2.45, 2.75) is 117 Å². The van der Waals surface area contributed by atoms with Gasteiger partial charge in [0.1, 0.15) is 15.7 Å².